The molecule has 0 saturated carbocycles. The van der Waals surface area contributed by atoms with Gasteiger partial charge in [0.25, 0.3) is 0 Å². The number of urea groups is 1. The molecule has 13 heteroatoms. The van der Waals surface area contributed by atoms with Crippen LogP contribution in [0, 0.1) is 17.8 Å². The number of aliphatic hydroxyl groups is 1. The number of alkyl carbamates (subject to hydrolysis) is 1. The summed E-state index contributed by atoms with van der Waals surface area (Å²) < 4.78 is 10.3. The number of nitrogens with one attached hydrogen (secondary N) is 4. The Balaban J connectivity index is 2.44. The Kier molecular flexibility index (Phi) is 17.8. The van der Waals surface area contributed by atoms with Crippen molar-refractivity contribution < 1.29 is 38.6 Å². The van der Waals surface area contributed by atoms with Crippen LogP contribution in [0.3, 0.4) is 0 Å². The molecule has 0 spiro atoms. The zero-order valence-electron chi connectivity index (χ0n) is 33.0. The maximum absolute atomic E-state index is 14.1. The Morgan fingerprint density at radius 2 is 1.26 bits per heavy atom. The summed E-state index contributed by atoms with van der Waals surface area (Å²) in [4.78, 5) is 68.1. The molecule has 0 aliphatic heterocycles. The Hall–Kier alpha value is -4.65. The molecule has 294 valence electrons. The molecule has 2 rings (SSSR count). The molecule has 0 saturated heterocycles. The van der Waals surface area contributed by atoms with Crippen LogP contribution in [0.1, 0.15) is 79.9 Å². The van der Waals surface area contributed by atoms with E-state index in [2.05, 4.69) is 21.3 Å². The van der Waals surface area contributed by atoms with Crippen LogP contribution in [-0.2, 0) is 36.8 Å². The van der Waals surface area contributed by atoms with Gasteiger partial charge in [-0.2, -0.15) is 0 Å². The predicted molar refractivity (Wildman–Crippen MR) is 203 cm³/mol. The summed E-state index contributed by atoms with van der Waals surface area (Å²) in [6.07, 6.45) is -1.27. The highest BCUT2D eigenvalue weighted by atomic mass is 16.6. The fourth-order valence-corrected chi connectivity index (χ4v) is 5.56. The normalized spacial score (nSPS) is 14.9. The fourth-order valence-electron chi connectivity index (χ4n) is 5.56. The van der Waals surface area contributed by atoms with Crippen molar-refractivity contribution in [3.8, 4) is 0 Å². The zero-order chi connectivity index (χ0) is 39.9. The van der Waals surface area contributed by atoms with Crippen LogP contribution in [0.4, 0.5) is 9.59 Å². The summed E-state index contributed by atoms with van der Waals surface area (Å²) in [7, 11) is 1.25. The Bertz CT molecular complexity index is 1460. The molecule has 0 radical (unpaired) electrons. The number of carbonyl (C=O) groups excluding carboxylic acids is 5. The Labute approximate surface area is 314 Å². The zero-order valence-corrected chi connectivity index (χ0v) is 33.0. The highest BCUT2D eigenvalue weighted by Crippen LogP contribution is 2.16. The summed E-state index contributed by atoms with van der Waals surface area (Å²) in [5, 5.41) is 23.1. The molecule has 0 bridgehead atoms. The van der Waals surface area contributed by atoms with Gasteiger partial charge in [0.15, 0.2) is 0 Å². The van der Waals surface area contributed by atoms with Crippen LogP contribution in [0.15, 0.2) is 60.7 Å². The van der Waals surface area contributed by atoms with Crippen molar-refractivity contribution >= 4 is 29.9 Å². The van der Waals surface area contributed by atoms with E-state index in [4.69, 9.17) is 9.47 Å². The summed E-state index contributed by atoms with van der Waals surface area (Å²) in [5.41, 5.74) is 0.828. The number of carbonyl (C=O) groups is 5. The number of benzene rings is 2. The maximum Gasteiger partial charge on any atom is 0.408 e. The van der Waals surface area contributed by atoms with Crippen molar-refractivity contribution in [1.29, 1.82) is 0 Å². The highest BCUT2D eigenvalue weighted by molar-refractivity contribution is 5.91. The van der Waals surface area contributed by atoms with Crippen molar-refractivity contribution in [2.75, 3.05) is 13.7 Å². The lowest BCUT2D eigenvalue weighted by Crippen LogP contribution is -2.59. The number of aliphatic hydroxyl groups excluding tert-OH is 1. The molecule has 13 nitrogen and oxygen atoms in total. The van der Waals surface area contributed by atoms with Gasteiger partial charge in [-0.05, 0) is 56.1 Å². The van der Waals surface area contributed by atoms with E-state index >= 15 is 0 Å². The number of methoxy groups -OCH3 is 1. The minimum atomic E-state index is -1.29. The number of esters is 1. The first-order valence-corrected chi connectivity index (χ1v) is 18.4. The molecular formula is C40H61N5O8. The van der Waals surface area contributed by atoms with Gasteiger partial charge in [0.2, 0.25) is 11.8 Å². The molecular weight excluding hydrogens is 678 g/mol. The van der Waals surface area contributed by atoms with Gasteiger partial charge in [-0.25, -0.2) is 14.4 Å². The van der Waals surface area contributed by atoms with E-state index in [1.165, 1.54) is 12.0 Å². The number of hydrogen-bond acceptors (Lipinski definition) is 8. The molecule has 5 amide bonds. The lowest BCUT2D eigenvalue weighted by Gasteiger charge is -2.34. The van der Waals surface area contributed by atoms with Gasteiger partial charge < -0.3 is 40.7 Å². The number of rotatable bonds is 18. The highest BCUT2D eigenvalue weighted by Gasteiger charge is 2.35. The van der Waals surface area contributed by atoms with Crippen LogP contribution in [0.25, 0.3) is 0 Å². The minimum absolute atomic E-state index is 0.0795. The monoisotopic (exact) mass is 739 g/mol. The Morgan fingerprint density at radius 3 is 1.75 bits per heavy atom. The average molecular weight is 740 g/mol. The van der Waals surface area contributed by atoms with Crippen molar-refractivity contribution in [1.82, 2.24) is 26.2 Å². The van der Waals surface area contributed by atoms with E-state index in [-0.39, 0.29) is 37.3 Å². The van der Waals surface area contributed by atoms with Gasteiger partial charge in [-0.3, -0.25) is 9.59 Å². The molecule has 5 N–H and O–H groups in total. The van der Waals surface area contributed by atoms with Gasteiger partial charge in [0, 0.05) is 6.54 Å². The van der Waals surface area contributed by atoms with Crippen molar-refractivity contribution in [2.45, 2.75) is 118 Å². The lowest BCUT2D eigenvalue weighted by atomic mass is 9.96. The summed E-state index contributed by atoms with van der Waals surface area (Å²) in [5.74, 6) is -2.56. The summed E-state index contributed by atoms with van der Waals surface area (Å²) in [6.45, 7) is 15.9. The smallest absolute Gasteiger partial charge is 0.408 e. The quantitative estimate of drug-likeness (QED) is 0.138. The first-order valence-electron chi connectivity index (χ1n) is 18.4. The van der Waals surface area contributed by atoms with Crippen LogP contribution in [0.5, 0.6) is 0 Å². The fraction of sp³-hybridized carbons (Fsp3) is 0.575. The van der Waals surface area contributed by atoms with E-state index in [0.29, 0.717) is 6.42 Å². The number of amides is 5. The van der Waals surface area contributed by atoms with E-state index in [1.807, 2.05) is 74.5 Å². The van der Waals surface area contributed by atoms with E-state index in [1.54, 1.807) is 48.5 Å². The van der Waals surface area contributed by atoms with Crippen LogP contribution in [-0.4, -0.2) is 89.4 Å². The molecule has 53 heavy (non-hydrogen) atoms. The lowest BCUT2D eigenvalue weighted by molar-refractivity contribution is -0.146. The van der Waals surface area contributed by atoms with E-state index < -0.39 is 65.8 Å². The third kappa shape index (κ3) is 15.1. The molecule has 0 aromatic heterocycles. The third-order valence-corrected chi connectivity index (χ3v) is 8.82. The predicted octanol–water partition coefficient (Wildman–Crippen LogP) is 4.56. The third-order valence-electron chi connectivity index (χ3n) is 8.82. The van der Waals surface area contributed by atoms with Gasteiger partial charge >= 0.3 is 18.1 Å². The number of nitrogens with zero attached hydrogens (tertiary/aromatic N) is 1. The van der Waals surface area contributed by atoms with Crippen molar-refractivity contribution in [3.05, 3.63) is 71.8 Å². The van der Waals surface area contributed by atoms with E-state index in [0.717, 1.165) is 11.1 Å². The van der Waals surface area contributed by atoms with E-state index in [9.17, 15) is 29.1 Å². The molecule has 0 unspecified atom stereocenters. The molecule has 0 aliphatic rings. The van der Waals surface area contributed by atoms with Crippen molar-refractivity contribution in [3.63, 3.8) is 0 Å². The second-order valence-corrected chi connectivity index (χ2v) is 15.2. The van der Waals surface area contributed by atoms with Crippen LogP contribution < -0.4 is 21.3 Å². The van der Waals surface area contributed by atoms with Crippen LogP contribution >= 0.6 is 0 Å². The molecule has 0 heterocycles. The first kappa shape index (κ1) is 44.5. The van der Waals surface area contributed by atoms with Gasteiger partial charge in [0.1, 0.15) is 23.7 Å². The molecule has 0 aliphatic carbocycles. The average Bonchev–Trinajstić information content (AvgIpc) is 3.10. The molecule has 2 aromatic carbocycles. The first-order chi connectivity index (χ1) is 24.9. The minimum Gasteiger partial charge on any atom is -0.467 e. The largest absolute Gasteiger partial charge is 0.467 e. The number of hydrogen-bond donors (Lipinski definition) is 5. The standard InChI is InChI=1S/C40H61N5O8/c1-11-27(6)34(36(48)42-33(26(4)5)37(49)52-10)43-38(50)45(23-29-20-16-13-17-21-29)24-31(46)30(22-28-18-14-12-15-19-28)41-35(47)32(25(2)3)44-39(51)53-40(7,8)9/h12-21,25-27,30-34,46H,11,22-24H2,1-10H3,(H,41,47)(H,42,48)(H,43,50)(H,44,51)/t27-,30-,31+,32-,33-,34-/m0/s1. The molecule has 6 atom stereocenters. The summed E-state index contributed by atoms with van der Waals surface area (Å²) >= 11 is 0. The Morgan fingerprint density at radius 1 is 0.736 bits per heavy atom. The topological polar surface area (TPSA) is 175 Å². The maximum atomic E-state index is 14.1. The number of ether oxygens (including phenoxy) is 2. The SMILES string of the molecule is CC[C@H](C)[C@H](NC(=O)N(Cc1ccccc1)C[C@@H](O)[C@H](Cc1ccccc1)NC(=O)[C@@H](NC(=O)OC(C)(C)C)C(C)C)C(=O)N[C@H](C(=O)OC)C(C)C. The summed E-state index contributed by atoms with van der Waals surface area (Å²) in [6, 6.07) is 14.1. The molecule has 2 aromatic rings. The second kappa shape index (κ2) is 21.2. The van der Waals surface area contributed by atoms with Gasteiger partial charge in [0.05, 0.1) is 25.8 Å². The second-order valence-electron chi connectivity index (χ2n) is 15.2. The van der Waals surface area contributed by atoms with Gasteiger partial charge in [-0.1, -0.05) is 109 Å². The molecule has 0 fully saturated rings. The van der Waals surface area contributed by atoms with Crippen molar-refractivity contribution in [2.24, 2.45) is 17.8 Å². The van der Waals surface area contributed by atoms with Crippen LogP contribution in [0.2, 0.25) is 0 Å². The van der Waals surface area contributed by atoms with Gasteiger partial charge in [-0.15, -0.1) is 0 Å².